The third-order valence-corrected chi connectivity index (χ3v) is 8.06. The molecule has 0 saturated carbocycles. The summed E-state index contributed by atoms with van der Waals surface area (Å²) in [5.74, 6) is -1.53. The number of nitrogens with two attached hydrogens (primary N) is 1. The molecule has 178 valence electrons. The van der Waals surface area contributed by atoms with Crippen molar-refractivity contribution in [3.63, 3.8) is 0 Å². The van der Waals surface area contributed by atoms with Gasteiger partial charge in [0.2, 0.25) is 10.0 Å². The summed E-state index contributed by atoms with van der Waals surface area (Å²) in [5.41, 5.74) is 5.54. The normalized spacial score (nSPS) is 20.1. The summed E-state index contributed by atoms with van der Waals surface area (Å²) < 4.78 is 32.6. The van der Waals surface area contributed by atoms with Crippen LogP contribution in [0.1, 0.15) is 47.9 Å². The first-order chi connectivity index (χ1) is 15.5. The average Bonchev–Trinajstić information content (AvgIpc) is 3.21. The highest BCUT2D eigenvalue weighted by atomic mass is 32.2. The second-order valence-electron chi connectivity index (χ2n) is 8.36. The topological polar surface area (TPSA) is 136 Å². The number of piperidine rings is 1. The minimum absolute atomic E-state index is 0.0998. The predicted octanol–water partition coefficient (Wildman–Crippen LogP) is 2.70. The molecular weight excluding hydrogens is 466 g/mol. The van der Waals surface area contributed by atoms with Crippen LogP contribution < -0.4 is 11.1 Å². The molecule has 0 unspecified atom stereocenters. The van der Waals surface area contributed by atoms with Gasteiger partial charge in [-0.2, -0.15) is 4.31 Å². The van der Waals surface area contributed by atoms with Crippen LogP contribution >= 0.6 is 11.3 Å². The van der Waals surface area contributed by atoms with E-state index >= 15 is 0 Å². The smallest absolute Gasteiger partial charge is 0.338 e. The third-order valence-electron chi connectivity index (χ3n) is 5.38. The van der Waals surface area contributed by atoms with E-state index in [-0.39, 0.29) is 32.9 Å². The molecule has 1 saturated heterocycles. The highest BCUT2D eigenvalue weighted by molar-refractivity contribution is 7.89. The molecule has 1 fully saturated rings. The zero-order chi connectivity index (χ0) is 24.3. The van der Waals surface area contributed by atoms with Gasteiger partial charge in [0, 0.05) is 13.1 Å². The fourth-order valence-corrected chi connectivity index (χ4v) is 6.28. The van der Waals surface area contributed by atoms with Crippen LogP contribution in [0.3, 0.4) is 0 Å². The maximum absolute atomic E-state index is 13.0. The van der Waals surface area contributed by atoms with Gasteiger partial charge in [-0.3, -0.25) is 9.59 Å². The highest BCUT2D eigenvalue weighted by Gasteiger charge is 2.32. The van der Waals surface area contributed by atoms with Gasteiger partial charge in [0.1, 0.15) is 5.00 Å². The highest BCUT2D eigenvalue weighted by Crippen LogP contribution is 2.27. The number of thiophene rings is 1. The molecule has 2 heterocycles. The molecule has 1 aliphatic heterocycles. The molecule has 33 heavy (non-hydrogen) atoms. The molecule has 11 heteroatoms. The van der Waals surface area contributed by atoms with Gasteiger partial charge in [-0.25, -0.2) is 13.2 Å². The van der Waals surface area contributed by atoms with E-state index in [9.17, 15) is 22.8 Å². The Morgan fingerprint density at radius 1 is 1.12 bits per heavy atom. The van der Waals surface area contributed by atoms with Gasteiger partial charge in [-0.05, 0) is 60.9 Å². The molecule has 1 aliphatic rings. The summed E-state index contributed by atoms with van der Waals surface area (Å²) in [5, 5.41) is 4.39. The van der Waals surface area contributed by atoms with Gasteiger partial charge in [0.15, 0.2) is 6.10 Å². The van der Waals surface area contributed by atoms with E-state index in [4.69, 9.17) is 10.5 Å². The van der Waals surface area contributed by atoms with Crippen LogP contribution in [0.25, 0.3) is 0 Å². The summed E-state index contributed by atoms with van der Waals surface area (Å²) >= 11 is 1.12. The molecule has 0 radical (unpaired) electrons. The monoisotopic (exact) mass is 493 g/mol. The van der Waals surface area contributed by atoms with Crippen molar-refractivity contribution in [2.45, 2.75) is 38.2 Å². The molecule has 2 amide bonds. The molecule has 9 nitrogen and oxygen atoms in total. The minimum Gasteiger partial charge on any atom is -0.449 e. The maximum Gasteiger partial charge on any atom is 0.338 e. The fourth-order valence-electron chi connectivity index (χ4n) is 3.81. The van der Waals surface area contributed by atoms with Gasteiger partial charge >= 0.3 is 5.97 Å². The minimum atomic E-state index is -3.67. The van der Waals surface area contributed by atoms with Crippen LogP contribution in [-0.4, -0.2) is 49.7 Å². The first-order valence-electron chi connectivity index (χ1n) is 10.5. The number of hydrogen-bond donors (Lipinski definition) is 2. The molecular formula is C22H27N3O6S2. The quantitative estimate of drug-likeness (QED) is 0.569. The fraction of sp³-hybridized carbons (Fsp3) is 0.409. The van der Waals surface area contributed by atoms with E-state index in [0.29, 0.717) is 13.1 Å². The number of benzene rings is 1. The molecule has 3 rings (SSSR count). The summed E-state index contributed by atoms with van der Waals surface area (Å²) in [4.78, 5) is 36.3. The molecule has 3 atom stereocenters. The molecule has 0 aliphatic carbocycles. The Labute approximate surface area is 197 Å². The van der Waals surface area contributed by atoms with Crippen molar-refractivity contribution in [3.05, 3.63) is 46.8 Å². The number of nitrogens with zero attached hydrogens (tertiary/aromatic N) is 1. The Hall–Kier alpha value is -2.76. The van der Waals surface area contributed by atoms with Crippen molar-refractivity contribution in [2.75, 3.05) is 18.4 Å². The number of amides is 2. The number of nitrogens with one attached hydrogen (secondary N) is 1. The zero-order valence-electron chi connectivity index (χ0n) is 18.6. The Morgan fingerprint density at radius 2 is 1.73 bits per heavy atom. The van der Waals surface area contributed by atoms with E-state index in [1.165, 1.54) is 41.6 Å². The van der Waals surface area contributed by atoms with Crippen molar-refractivity contribution in [1.82, 2.24) is 4.31 Å². The van der Waals surface area contributed by atoms with Gasteiger partial charge in [0.05, 0.1) is 16.0 Å². The van der Waals surface area contributed by atoms with E-state index in [1.807, 2.05) is 13.8 Å². The van der Waals surface area contributed by atoms with Crippen LogP contribution in [0.15, 0.2) is 40.6 Å². The Balaban J connectivity index is 1.64. The largest absolute Gasteiger partial charge is 0.449 e. The van der Waals surface area contributed by atoms with Gasteiger partial charge in [-0.15, -0.1) is 11.3 Å². The number of esters is 1. The average molecular weight is 494 g/mol. The summed E-state index contributed by atoms with van der Waals surface area (Å²) in [7, 11) is -3.67. The predicted molar refractivity (Wildman–Crippen MR) is 124 cm³/mol. The lowest BCUT2D eigenvalue weighted by Gasteiger charge is -2.34. The Morgan fingerprint density at radius 3 is 2.30 bits per heavy atom. The number of primary amides is 1. The van der Waals surface area contributed by atoms with Crippen molar-refractivity contribution in [3.8, 4) is 0 Å². The van der Waals surface area contributed by atoms with Crippen LogP contribution in [0.4, 0.5) is 5.00 Å². The SMILES string of the molecule is C[C@@H]1C[C@@H](C)CN(S(=O)(=O)c2ccc(C(=O)O[C@@H](C)C(=O)Nc3sccc3C(N)=O)cc2)C1. The molecule has 1 aromatic carbocycles. The molecule has 1 aromatic heterocycles. The first-order valence-corrected chi connectivity index (χ1v) is 12.8. The Bertz CT molecular complexity index is 1130. The van der Waals surface area contributed by atoms with Crippen LogP contribution in [-0.2, 0) is 19.6 Å². The lowest BCUT2D eigenvalue weighted by molar-refractivity contribution is -0.123. The third kappa shape index (κ3) is 5.79. The van der Waals surface area contributed by atoms with Crippen molar-refractivity contribution in [2.24, 2.45) is 17.6 Å². The summed E-state index contributed by atoms with van der Waals surface area (Å²) in [6, 6.07) is 6.94. The number of carbonyl (C=O) groups excluding carboxylic acids is 3. The van der Waals surface area contributed by atoms with Crippen LogP contribution in [0.5, 0.6) is 0 Å². The van der Waals surface area contributed by atoms with Crippen molar-refractivity contribution < 1.29 is 27.5 Å². The number of hydrogen-bond acceptors (Lipinski definition) is 7. The number of sulfonamides is 1. The first kappa shape index (κ1) is 24.9. The van der Waals surface area contributed by atoms with Gasteiger partial charge < -0.3 is 15.8 Å². The van der Waals surface area contributed by atoms with E-state index in [2.05, 4.69) is 5.32 Å². The van der Waals surface area contributed by atoms with Crippen molar-refractivity contribution in [1.29, 1.82) is 0 Å². The second-order valence-corrected chi connectivity index (χ2v) is 11.2. The lowest BCUT2D eigenvalue weighted by Crippen LogP contribution is -2.42. The molecule has 0 spiro atoms. The number of rotatable bonds is 7. The van der Waals surface area contributed by atoms with E-state index in [0.717, 1.165) is 17.8 Å². The summed E-state index contributed by atoms with van der Waals surface area (Å²) in [6.07, 6.45) is -0.168. The molecule has 2 aromatic rings. The van der Waals surface area contributed by atoms with Gasteiger partial charge in [-0.1, -0.05) is 13.8 Å². The maximum atomic E-state index is 13.0. The number of carbonyl (C=O) groups is 3. The Kier molecular flexibility index (Phi) is 7.55. The molecule has 3 N–H and O–H groups in total. The number of anilines is 1. The van der Waals surface area contributed by atoms with Crippen LogP contribution in [0, 0.1) is 11.8 Å². The van der Waals surface area contributed by atoms with Crippen LogP contribution in [0.2, 0.25) is 0 Å². The standard InChI is InChI=1S/C22H27N3O6S2/c1-13-10-14(2)12-25(11-13)33(29,30)17-6-4-16(5-7-17)22(28)31-15(3)20(27)24-21-18(19(23)26)8-9-32-21/h4-9,13-15H,10-12H2,1-3H3,(H2,23,26)(H,24,27)/t13-,14-,15+/m1/s1. The molecule has 0 bridgehead atoms. The summed E-state index contributed by atoms with van der Waals surface area (Å²) in [6.45, 7) is 6.38. The second kappa shape index (κ2) is 10.0. The van der Waals surface area contributed by atoms with Crippen molar-refractivity contribution >= 4 is 44.1 Å². The number of ether oxygens (including phenoxy) is 1. The van der Waals surface area contributed by atoms with E-state index in [1.54, 1.807) is 5.38 Å². The van der Waals surface area contributed by atoms with E-state index < -0.39 is 33.9 Å². The lowest BCUT2D eigenvalue weighted by atomic mass is 9.94. The van der Waals surface area contributed by atoms with Gasteiger partial charge in [0.25, 0.3) is 11.8 Å². The zero-order valence-corrected chi connectivity index (χ0v) is 20.2.